The monoisotopic (exact) mass is 1020 g/mol. The molecule has 329 valence electrons. The third-order valence-electron chi connectivity index (χ3n) is 8.67. The summed E-state index contributed by atoms with van der Waals surface area (Å²) in [6.07, 6.45) is 0. The van der Waals surface area contributed by atoms with Crippen molar-refractivity contribution in [2.45, 2.75) is 6.92 Å². The van der Waals surface area contributed by atoms with Gasteiger partial charge in [0.2, 0.25) is 0 Å². The summed E-state index contributed by atoms with van der Waals surface area (Å²) in [4.78, 5) is 36.1. The molecule has 0 aliphatic rings. The molecule has 0 unspecified atom stereocenters. The molecule has 0 saturated carbocycles. The maximum absolute atomic E-state index is 12.7. The summed E-state index contributed by atoms with van der Waals surface area (Å²) in [6.45, 7) is 1.79. The molecule has 1 N–H and O–H groups in total. The van der Waals surface area contributed by atoms with E-state index in [9.17, 15) is 9.59 Å². The SMILES string of the molecule is Cc1ccc(C(=O)c2cc(Cl)ccc2Cl)cc1.O=C(c1ccc(Oc2ccc(Oc3ccccc3)cc2)cc1)c1cc(Cl)ccc1Cl.O=CO[O-].Oc1ccc(Oc2ccccc2)cc1.[K+].[K]. The van der Waals surface area contributed by atoms with Gasteiger partial charge in [0.1, 0.15) is 40.2 Å². The van der Waals surface area contributed by atoms with Gasteiger partial charge >= 0.3 is 51.4 Å². The Morgan fingerprint density at radius 2 is 0.776 bits per heavy atom. The van der Waals surface area contributed by atoms with Crippen LogP contribution in [0.1, 0.15) is 37.4 Å². The van der Waals surface area contributed by atoms with Crippen LogP contribution in [-0.4, -0.2) is 74.5 Å². The van der Waals surface area contributed by atoms with Crippen molar-refractivity contribution in [2.24, 2.45) is 0 Å². The van der Waals surface area contributed by atoms with Gasteiger partial charge in [-0.15, -0.1) is 0 Å². The maximum Gasteiger partial charge on any atom is 1.00 e. The Morgan fingerprint density at radius 1 is 0.478 bits per heavy atom. The second-order valence-corrected chi connectivity index (χ2v) is 15.1. The standard InChI is InChI=1S/C25H16Cl2O3.C14H10Cl2O.C12H10O2.CH2O3.2K/c26-18-8-15-24(27)23(16-18)25(28)17-6-9-20(10-7-17)30-22-13-11-21(12-14-22)29-19-4-2-1-3-5-19;1-9-2-4-10(5-3-9)14(17)12-8-11(15)6-7-13(12)16;13-10-6-8-12(9-7-10)14-11-4-2-1-3-5-11;2-1-4-3;;/h1-16H;2-8H,1H3;1-9,13H;1,3H;;/q;;;;;+1/p-1. The summed E-state index contributed by atoms with van der Waals surface area (Å²) in [5.41, 5.74) is 3.02. The van der Waals surface area contributed by atoms with Crippen molar-refractivity contribution in [2.75, 3.05) is 0 Å². The van der Waals surface area contributed by atoms with Crippen LogP contribution >= 0.6 is 46.4 Å². The first-order chi connectivity index (χ1) is 31.4. The van der Waals surface area contributed by atoms with Crippen LogP contribution in [0, 0.1) is 6.92 Å². The van der Waals surface area contributed by atoms with Crippen LogP contribution in [0.2, 0.25) is 20.1 Å². The summed E-state index contributed by atoms with van der Waals surface area (Å²) in [6, 6.07) is 57.0. The number of ether oxygens (including phenoxy) is 3. The Labute approximate surface area is 493 Å². The van der Waals surface area contributed by atoms with E-state index in [1.54, 1.807) is 97.1 Å². The molecular formula is C52H37Cl4K2O9. The van der Waals surface area contributed by atoms with Crippen molar-refractivity contribution in [1.29, 1.82) is 0 Å². The zero-order valence-corrected chi connectivity index (χ0v) is 45.5. The van der Waals surface area contributed by atoms with Crippen LogP contribution in [0.25, 0.3) is 0 Å². The van der Waals surface area contributed by atoms with E-state index in [0.29, 0.717) is 65.3 Å². The predicted octanol–water partition coefficient (Wildman–Crippen LogP) is 10.6. The number of hydrogen-bond acceptors (Lipinski definition) is 9. The van der Waals surface area contributed by atoms with Gasteiger partial charge in [0.15, 0.2) is 11.6 Å². The van der Waals surface area contributed by atoms with E-state index >= 15 is 0 Å². The Hall–Kier alpha value is -3.84. The number of para-hydroxylation sites is 2. The van der Waals surface area contributed by atoms with Crippen LogP contribution < -0.4 is 70.9 Å². The summed E-state index contributed by atoms with van der Waals surface area (Å²) >= 11 is 24.0. The first-order valence-electron chi connectivity index (χ1n) is 19.3. The van der Waals surface area contributed by atoms with Crippen molar-refractivity contribution in [3.05, 3.63) is 242 Å². The van der Waals surface area contributed by atoms with E-state index in [2.05, 4.69) is 4.89 Å². The summed E-state index contributed by atoms with van der Waals surface area (Å²) in [7, 11) is 0. The first-order valence-corrected chi connectivity index (χ1v) is 20.8. The Bertz CT molecular complexity index is 2770. The van der Waals surface area contributed by atoms with E-state index in [4.69, 9.17) is 75.8 Å². The molecule has 0 saturated heterocycles. The molecule has 0 amide bonds. The summed E-state index contributed by atoms with van der Waals surface area (Å²) < 4.78 is 17.1. The normalized spacial score (nSPS) is 9.64. The molecule has 0 aliphatic heterocycles. The molecule has 1 radical (unpaired) electrons. The van der Waals surface area contributed by atoms with Gasteiger partial charge in [-0.3, -0.25) is 14.4 Å². The van der Waals surface area contributed by atoms with Crippen molar-refractivity contribution >= 4 is 116 Å². The fourth-order valence-electron chi connectivity index (χ4n) is 5.51. The second-order valence-electron chi connectivity index (χ2n) is 13.4. The number of aromatic hydroxyl groups is 1. The third kappa shape index (κ3) is 19.6. The van der Waals surface area contributed by atoms with Crippen molar-refractivity contribution < 1.29 is 95.2 Å². The van der Waals surface area contributed by atoms with Crippen molar-refractivity contribution in [3.63, 3.8) is 0 Å². The third-order valence-corrected chi connectivity index (χ3v) is 9.80. The molecular weight excluding hydrogens is 989 g/mol. The molecule has 0 aromatic heterocycles. The van der Waals surface area contributed by atoms with Crippen LogP contribution in [0.15, 0.2) is 194 Å². The topological polar surface area (TPSA) is 131 Å². The van der Waals surface area contributed by atoms with E-state index < -0.39 is 0 Å². The quantitative estimate of drug-likeness (QED) is 0.0442. The van der Waals surface area contributed by atoms with E-state index in [1.807, 2.05) is 104 Å². The fraction of sp³-hybridized carbons (Fsp3) is 0.0192. The molecule has 0 fully saturated rings. The summed E-state index contributed by atoms with van der Waals surface area (Å²) in [5.74, 6) is 4.19. The van der Waals surface area contributed by atoms with Crippen LogP contribution in [0.3, 0.4) is 0 Å². The average Bonchev–Trinajstić information content (AvgIpc) is 3.33. The van der Waals surface area contributed by atoms with E-state index in [-0.39, 0.29) is 127 Å². The zero-order chi connectivity index (χ0) is 46.6. The minimum atomic E-state index is -0.198. The number of carbonyl (C=O) groups excluding carboxylic acids is 3. The number of ketones is 2. The largest absolute Gasteiger partial charge is 1.00 e. The smallest absolute Gasteiger partial charge is 0.662 e. The number of halogens is 4. The van der Waals surface area contributed by atoms with Gasteiger partial charge in [-0.25, -0.2) is 0 Å². The zero-order valence-electron chi connectivity index (χ0n) is 36.3. The van der Waals surface area contributed by atoms with E-state index in [0.717, 1.165) is 17.1 Å². The Kier molecular flexibility index (Phi) is 26.3. The molecule has 8 aromatic rings. The minimum absolute atomic E-state index is 0. The molecule has 0 spiro atoms. The average molecular weight is 1030 g/mol. The molecule has 9 nitrogen and oxygen atoms in total. The van der Waals surface area contributed by atoms with Crippen molar-refractivity contribution in [3.8, 4) is 40.2 Å². The number of rotatable bonds is 11. The van der Waals surface area contributed by atoms with Crippen LogP contribution in [0.4, 0.5) is 0 Å². The molecule has 0 aliphatic carbocycles. The van der Waals surface area contributed by atoms with Gasteiger partial charge in [0.25, 0.3) is 6.47 Å². The van der Waals surface area contributed by atoms with Gasteiger partial charge in [-0.2, -0.15) is 0 Å². The molecule has 67 heavy (non-hydrogen) atoms. The molecule has 8 rings (SSSR count). The number of phenolic OH excluding ortho intramolecular Hbond substituents is 1. The Balaban J connectivity index is 0.000000273. The minimum Gasteiger partial charge on any atom is -0.662 e. The molecule has 0 bridgehead atoms. The van der Waals surface area contributed by atoms with Gasteiger partial charge in [-0.05, 0) is 140 Å². The molecule has 0 heterocycles. The van der Waals surface area contributed by atoms with Gasteiger partial charge in [-0.1, -0.05) is 113 Å². The number of benzene rings is 8. The summed E-state index contributed by atoms with van der Waals surface area (Å²) in [5, 5.41) is 19.2. The molecule has 0 atom stereocenters. The fourth-order valence-corrected chi connectivity index (χ4v) is 6.26. The molecule has 8 aromatic carbocycles. The number of phenols is 1. The van der Waals surface area contributed by atoms with Crippen LogP contribution in [-0.2, 0) is 9.68 Å². The molecule has 15 heteroatoms. The second kappa shape index (κ2) is 30.6. The number of carbonyl (C=O) groups is 3. The van der Waals surface area contributed by atoms with Crippen LogP contribution in [0.5, 0.6) is 40.2 Å². The number of hydrogen-bond donors (Lipinski definition) is 1. The van der Waals surface area contributed by atoms with Gasteiger partial charge in [0, 0.05) is 83.7 Å². The maximum atomic E-state index is 12.7. The Morgan fingerprint density at radius 3 is 1.12 bits per heavy atom. The predicted molar refractivity (Wildman–Crippen MR) is 258 cm³/mol. The first kappa shape index (κ1) is 57.5. The van der Waals surface area contributed by atoms with Gasteiger partial charge < -0.3 is 29.5 Å². The van der Waals surface area contributed by atoms with E-state index in [1.165, 1.54) is 0 Å². The van der Waals surface area contributed by atoms with Gasteiger partial charge in [0.05, 0.1) is 10.0 Å². The number of aryl methyl sites for hydroxylation is 1. The van der Waals surface area contributed by atoms with Crippen molar-refractivity contribution in [1.82, 2.24) is 0 Å².